The van der Waals surface area contributed by atoms with Gasteiger partial charge in [-0.1, -0.05) is 19.8 Å². The average molecular weight is 225 g/mol. The van der Waals surface area contributed by atoms with Gasteiger partial charge in [0.15, 0.2) is 0 Å². The number of methoxy groups -OCH3 is 1. The number of carbonyl (C=O) groups excluding carboxylic acids is 1. The Bertz CT molecular complexity index is 250. The summed E-state index contributed by atoms with van der Waals surface area (Å²) in [5.41, 5.74) is 0. The van der Waals surface area contributed by atoms with E-state index >= 15 is 0 Å². The monoisotopic (exact) mass is 225 g/mol. The van der Waals surface area contributed by atoms with Gasteiger partial charge in [-0.25, -0.2) is 0 Å². The van der Waals surface area contributed by atoms with E-state index in [1.54, 1.807) is 0 Å². The summed E-state index contributed by atoms with van der Waals surface area (Å²) in [5, 5.41) is 3.43. The van der Waals surface area contributed by atoms with Gasteiger partial charge in [-0.2, -0.15) is 0 Å². The van der Waals surface area contributed by atoms with Crippen molar-refractivity contribution in [2.24, 2.45) is 17.8 Å². The highest BCUT2D eigenvalue weighted by atomic mass is 16.5. The second kappa shape index (κ2) is 5.17. The van der Waals surface area contributed by atoms with E-state index in [0.29, 0.717) is 5.92 Å². The number of hydrogen-bond acceptors (Lipinski definition) is 3. The van der Waals surface area contributed by atoms with Gasteiger partial charge in [-0.3, -0.25) is 4.79 Å². The first kappa shape index (κ1) is 11.9. The van der Waals surface area contributed by atoms with Gasteiger partial charge in [-0.05, 0) is 43.6 Å². The standard InChI is InChI=1S/C13H23NO2/c1-9-4-3-5-11(9)8-14-12(10-6-7-10)13(15)16-2/h9-12,14H,3-8H2,1-2H3. The highest BCUT2D eigenvalue weighted by Crippen LogP contribution is 2.34. The zero-order valence-electron chi connectivity index (χ0n) is 10.4. The number of esters is 1. The molecule has 0 aromatic carbocycles. The highest BCUT2D eigenvalue weighted by molar-refractivity contribution is 5.76. The third-order valence-corrected chi connectivity index (χ3v) is 4.19. The summed E-state index contributed by atoms with van der Waals surface area (Å²) in [5.74, 6) is 2.02. The smallest absolute Gasteiger partial charge is 0.323 e. The fraction of sp³-hybridized carbons (Fsp3) is 0.923. The molecule has 2 rings (SSSR count). The Morgan fingerprint density at radius 1 is 1.38 bits per heavy atom. The molecule has 0 aromatic heterocycles. The minimum Gasteiger partial charge on any atom is -0.468 e. The van der Waals surface area contributed by atoms with E-state index < -0.39 is 0 Å². The van der Waals surface area contributed by atoms with Crippen LogP contribution >= 0.6 is 0 Å². The Labute approximate surface area is 97.9 Å². The van der Waals surface area contributed by atoms with Gasteiger partial charge in [-0.15, -0.1) is 0 Å². The topological polar surface area (TPSA) is 38.3 Å². The summed E-state index contributed by atoms with van der Waals surface area (Å²) in [7, 11) is 1.48. The van der Waals surface area contributed by atoms with Crippen LogP contribution in [-0.2, 0) is 9.53 Å². The molecule has 0 aliphatic heterocycles. The van der Waals surface area contributed by atoms with Crippen molar-refractivity contribution in [2.75, 3.05) is 13.7 Å². The lowest BCUT2D eigenvalue weighted by atomic mass is 9.97. The summed E-state index contributed by atoms with van der Waals surface area (Å²) in [4.78, 5) is 11.6. The number of nitrogens with one attached hydrogen (secondary N) is 1. The number of ether oxygens (including phenoxy) is 1. The van der Waals surface area contributed by atoms with E-state index in [9.17, 15) is 4.79 Å². The molecule has 2 fully saturated rings. The van der Waals surface area contributed by atoms with E-state index in [-0.39, 0.29) is 12.0 Å². The molecule has 0 spiro atoms. The molecule has 0 heterocycles. The molecule has 3 unspecified atom stereocenters. The van der Waals surface area contributed by atoms with Crippen molar-refractivity contribution < 1.29 is 9.53 Å². The van der Waals surface area contributed by atoms with Gasteiger partial charge in [0, 0.05) is 0 Å². The maximum absolute atomic E-state index is 11.6. The Morgan fingerprint density at radius 3 is 2.62 bits per heavy atom. The van der Waals surface area contributed by atoms with Crippen molar-refractivity contribution in [2.45, 2.75) is 45.1 Å². The lowest BCUT2D eigenvalue weighted by molar-refractivity contribution is -0.143. The molecule has 0 bridgehead atoms. The third kappa shape index (κ3) is 2.76. The van der Waals surface area contributed by atoms with Crippen LogP contribution in [0.4, 0.5) is 0 Å². The number of rotatable bonds is 5. The first-order chi connectivity index (χ1) is 7.72. The Morgan fingerprint density at radius 2 is 2.12 bits per heavy atom. The van der Waals surface area contributed by atoms with Crippen molar-refractivity contribution in [3.8, 4) is 0 Å². The Balaban J connectivity index is 1.79. The first-order valence-corrected chi connectivity index (χ1v) is 6.53. The molecule has 0 aromatic rings. The molecule has 3 atom stereocenters. The van der Waals surface area contributed by atoms with Crippen LogP contribution in [0.15, 0.2) is 0 Å². The van der Waals surface area contributed by atoms with Gasteiger partial charge >= 0.3 is 5.97 Å². The second-order valence-electron chi connectivity index (χ2n) is 5.41. The van der Waals surface area contributed by atoms with E-state index in [4.69, 9.17) is 4.74 Å². The van der Waals surface area contributed by atoms with Crippen molar-refractivity contribution in [3.05, 3.63) is 0 Å². The maximum atomic E-state index is 11.6. The first-order valence-electron chi connectivity index (χ1n) is 6.53. The van der Waals surface area contributed by atoms with Crippen molar-refractivity contribution in [1.82, 2.24) is 5.32 Å². The van der Waals surface area contributed by atoms with Gasteiger partial charge in [0.05, 0.1) is 7.11 Å². The number of carbonyl (C=O) groups is 1. The summed E-state index contributed by atoms with van der Waals surface area (Å²) in [6.45, 7) is 3.31. The van der Waals surface area contributed by atoms with Crippen molar-refractivity contribution >= 4 is 5.97 Å². The van der Waals surface area contributed by atoms with Gasteiger partial charge in [0.1, 0.15) is 6.04 Å². The van der Waals surface area contributed by atoms with Crippen molar-refractivity contribution in [3.63, 3.8) is 0 Å². The fourth-order valence-electron chi connectivity index (χ4n) is 2.80. The minimum absolute atomic E-state index is 0.0437. The average Bonchev–Trinajstić information content (AvgIpc) is 3.03. The summed E-state index contributed by atoms with van der Waals surface area (Å²) in [6.07, 6.45) is 6.35. The lowest BCUT2D eigenvalue weighted by Gasteiger charge is -2.21. The minimum atomic E-state index is -0.0758. The molecule has 16 heavy (non-hydrogen) atoms. The van der Waals surface area contributed by atoms with Gasteiger partial charge in [0.25, 0.3) is 0 Å². The van der Waals surface area contributed by atoms with Crippen molar-refractivity contribution in [1.29, 1.82) is 0 Å². The van der Waals surface area contributed by atoms with Gasteiger partial charge < -0.3 is 10.1 Å². The van der Waals surface area contributed by atoms with Crippen LogP contribution in [0.3, 0.4) is 0 Å². The van der Waals surface area contributed by atoms with E-state index in [1.165, 1.54) is 39.2 Å². The molecule has 2 aliphatic rings. The molecule has 0 saturated heterocycles. The van der Waals surface area contributed by atoms with Crippen LogP contribution in [-0.4, -0.2) is 25.7 Å². The molecule has 2 saturated carbocycles. The lowest BCUT2D eigenvalue weighted by Crippen LogP contribution is -2.42. The molecule has 92 valence electrons. The fourth-order valence-corrected chi connectivity index (χ4v) is 2.80. The summed E-state index contributed by atoms with van der Waals surface area (Å²) in [6, 6.07) is -0.0437. The Kier molecular flexibility index (Phi) is 3.85. The predicted octanol–water partition coefficient (Wildman–Crippen LogP) is 1.96. The van der Waals surface area contributed by atoms with E-state index in [2.05, 4.69) is 12.2 Å². The van der Waals surface area contributed by atoms with E-state index in [0.717, 1.165) is 18.4 Å². The molecule has 0 amide bonds. The maximum Gasteiger partial charge on any atom is 0.323 e. The predicted molar refractivity (Wildman–Crippen MR) is 63.0 cm³/mol. The molecule has 3 heteroatoms. The van der Waals surface area contributed by atoms with Crippen LogP contribution in [0.2, 0.25) is 0 Å². The summed E-state index contributed by atoms with van der Waals surface area (Å²) < 4.78 is 4.85. The third-order valence-electron chi connectivity index (χ3n) is 4.19. The van der Waals surface area contributed by atoms with Crippen LogP contribution in [0.5, 0.6) is 0 Å². The van der Waals surface area contributed by atoms with Crippen LogP contribution in [0, 0.1) is 17.8 Å². The molecule has 3 nitrogen and oxygen atoms in total. The van der Waals surface area contributed by atoms with E-state index in [1.807, 2.05) is 0 Å². The highest BCUT2D eigenvalue weighted by Gasteiger charge is 2.37. The zero-order chi connectivity index (χ0) is 11.5. The van der Waals surface area contributed by atoms with Gasteiger partial charge in [0.2, 0.25) is 0 Å². The number of hydrogen-bond donors (Lipinski definition) is 1. The van der Waals surface area contributed by atoms with Crippen LogP contribution in [0.1, 0.15) is 39.0 Å². The normalized spacial score (nSPS) is 31.4. The molecular formula is C13H23NO2. The second-order valence-corrected chi connectivity index (χ2v) is 5.41. The van der Waals surface area contributed by atoms with Crippen LogP contribution in [0.25, 0.3) is 0 Å². The molecule has 1 N–H and O–H groups in total. The van der Waals surface area contributed by atoms with Crippen LogP contribution < -0.4 is 5.32 Å². The zero-order valence-corrected chi connectivity index (χ0v) is 10.4. The molecule has 0 radical (unpaired) electrons. The summed E-state index contributed by atoms with van der Waals surface area (Å²) >= 11 is 0. The molecule has 2 aliphatic carbocycles. The quantitative estimate of drug-likeness (QED) is 0.727. The Hall–Kier alpha value is -0.570. The molecular weight excluding hydrogens is 202 g/mol. The SMILES string of the molecule is COC(=O)C(NCC1CCCC1C)C1CC1. The largest absolute Gasteiger partial charge is 0.468 e.